The minimum absolute atomic E-state index is 0.202. The van der Waals surface area contributed by atoms with Gasteiger partial charge in [0.2, 0.25) is 17.5 Å². The van der Waals surface area contributed by atoms with Gasteiger partial charge in [0.15, 0.2) is 23.1 Å². The SMILES string of the molecule is Fc1cccc(Oc2ncc(Br)c(Oc3cccc(F)c3F)n2)c1F. The lowest BCUT2D eigenvalue weighted by Gasteiger charge is -2.10. The first-order chi connectivity index (χ1) is 12.0. The van der Waals surface area contributed by atoms with E-state index in [9.17, 15) is 17.6 Å². The molecule has 0 radical (unpaired) electrons. The number of benzene rings is 2. The van der Waals surface area contributed by atoms with Crippen LogP contribution >= 0.6 is 15.9 Å². The van der Waals surface area contributed by atoms with E-state index in [0.29, 0.717) is 0 Å². The average molecular weight is 415 g/mol. The largest absolute Gasteiger partial charge is 0.434 e. The number of nitrogens with zero attached hydrogens (tertiary/aromatic N) is 2. The van der Waals surface area contributed by atoms with Crippen LogP contribution in [0.3, 0.4) is 0 Å². The van der Waals surface area contributed by atoms with Crippen LogP contribution in [-0.2, 0) is 0 Å². The highest BCUT2D eigenvalue weighted by molar-refractivity contribution is 9.10. The van der Waals surface area contributed by atoms with Gasteiger partial charge in [-0.25, -0.2) is 13.8 Å². The van der Waals surface area contributed by atoms with Gasteiger partial charge in [0.05, 0.1) is 10.7 Å². The molecule has 25 heavy (non-hydrogen) atoms. The molecule has 3 aromatic rings. The third kappa shape index (κ3) is 3.71. The summed E-state index contributed by atoms with van der Waals surface area (Å²) in [6, 6.07) is 6.34. The van der Waals surface area contributed by atoms with Gasteiger partial charge in [-0.1, -0.05) is 12.1 Å². The van der Waals surface area contributed by atoms with Gasteiger partial charge in [0.25, 0.3) is 0 Å². The lowest BCUT2D eigenvalue weighted by molar-refractivity contribution is 0.370. The van der Waals surface area contributed by atoms with E-state index in [1.807, 2.05) is 0 Å². The second kappa shape index (κ2) is 7.06. The van der Waals surface area contributed by atoms with E-state index < -0.39 is 34.8 Å². The molecule has 0 saturated heterocycles. The van der Waals surface area contributed by atoms with Crippen molar-refractivity contribution in [2.24, 2.45) is 0 Å². The monoisotopic (exact) mass is 414 g/mol. The zero-order valence-electron chi connectivity index (χ0n) is 12.1. The van der Waals surface area contributed by atoms with Crippen LogP contribution in [0.2, 0.25) is 0 Å². The van der Waals surface area contributed by atoms with Gasteiger partial charge >= 0.3 is 6.01 Å². The molecule has 0 unspecified atom stereocenters. The first-order valence-corrected chi connectivity index (χ1v) is 7.51. The van der Waals surface area contributed by atoms with Gasteiger partial charge in [-0.15, -0.1) is 0 Å². The van der Waals surface area contributed by atoms with Crippen molar-refractivity contribution in [3.63, 3.8) is 0 Å². The number of aromatic nitrogens is 2. The first kappa shape index (κ1) is 17.2. The molecule has 0 spiro atoms. The van der Waals surface area contributed by atoms with E-state index in [2.05, 4.69) is 25.9 Å². The number of halogens is 5. The topological polar surface area (TPSA) is 44.2 Å². The van der Waals surface area contributed by atoms with Crippen molar-refractivity contribution in [3.8, 4) is 23.4 Å². The molecule has 4 nitrogen and oxygen atoms in total. The molecular weight excluding hydrogens is 408 g/mol. The maximum Gasteiger partial charge on any atom is 0.325 e. The van der Waals surface area contributed by atoms with Crippen LogP contribution in [0.1, 0.15) is 0 Å². The molecule has 1 heterocycles. The smallest absolute Gasteiger partial charge is 0.325 e. The highest BCUT2D eigenvalue weighted by Crippen LogP contribution is 2.32. The molecule has 0 fully saturated rings. The first-order valence-electron chi connectivity index (χ1n) is 6.72. The van der Waals surface area contributed by atoms with E-state index in [-0.39, 0.29) is 16.4 Å². The summed E-state index contributed by atoms with van der Waals surface area (Å²) in [6.45, 7) is 0. The Morgan fingerprint density at radius 2 is 1.36 bits per heavy atom. The number of hydrogen-bond acceptors (Lipinski definition) is 4. The van der Waals surface area contributed by atoms with Crippen molar-refractivity contribution in [2.45, 2.75) is 0 Å². The van der Waals surface area contributed by atoms with E-state index in [0.717, 1.165) is 12.1 Å². The Hall–Kier alpha value is -2.68. The maximum absolute atomic E-state index is 13.7. The van der Waals surface area contributed by atoms with Crippen molar-refractivity contribution in [2.75, 3.05) is 0 Å². The van der Waals surface area contributed by atoms with Crippen LogP contribution in [0.25, 0.3) is 0 Å². The molecule has 3 rings (SSSR count). The molecule has 2 aromatic carbocycles. The van der Waals surface area contributed by atoms with Crippen LogP contribution < -0.4 is 9.47 Å². The van der Waals surface area contributed by atoms with E-state index in [1.165, 1.54) is 30.5 Å². The molecule has 0 aliphatic heterocycles. The molecule has 0 bridgehead atoms. The zero-order chi connectivity index (χ0) is 18.0. The highest BCUT2D eigenvalue weighted by atomic mass is 79.9. The van der Waals surface area contributed by atoms with E-state index in [1.54, 1.807) is 0 Å². The highest BCUT2D eigenvalue weighted by Gasteiger charge is 2.16. The normalized spacial score (nSPS) is 10.6. The van der Waals surface area contributed by atoms with E-state index >= 15 is 0 Å². The molecule has 0 atom stereocenters. The second-order valence-electron chi connectivity index (χ2n) is 4.61. The van der Waals surface area contributed by atoms with Crippen molar-refractivity contribution < 1.29 is 27.0 Å². The molecule has 0 N–H and O–H groups in total. The summed E-state index contributed by atoms with van der Waals surface area (Å²) in [5, 5.41) is 0. The fourth-order valence-corrected chi connectivity index (χ4v) is 2.06. The summed E-state index contributed by atoms with van der Waals surface area (Å²) in [5.41, 5.74) is 0. The van der Waals surface area contributed by atoms with Crippen molar-refractivity contribution in [1.29, 1.82) is 0 Å². The Labute approximate surface area is 147 Å². The lowest BCUT2D eigenvalue weighted by atomic mass is 10.3. The average Bonchev–Trinajstić information content (AvgIpc) is 2.59. The Morgan fingerprint density at radius 1 is 0.800 bits per heavy atom. The fraction of sp³-hybridized carbons (Fsp3) is 0. The van der Waals surface area contributed by atoms with Crippen LogP contribution in [0.4, 0.5) is 17.6 Å². The van der Waals surface area contributed by atoms with Gasteiger partial charge in [0, 0.05) is 0 Å². The second-order valence-corrected chi connectivity index (χ2v) is 5.47. The van der Waals surface area contributed by atoms with E-state index in [4.69, 9.17) is 9.47 Å². The number of rotatable bonds is 4. The minimum Gasteiger partial charge on any atom is -0.434 e. The van der Waals surface area contributed by atoms with Crippen LogP contribution in [0.5, 0.6) is 23.4 Å². The molecule has 0 aliphatic carbocycles. The number of hydrogen-bond donors (Lipinski definition) is 0. The fourth-order valence-electron chi connectivity index (χ4n) is 1.79. The summed E-state index contributed by atoms with van der Waals surface area (Å²) < 4.78 is 64.2. The van der Waals surface area contributed by atoms with Crippen LogP contribution in [0.15, 0.2) is 47.1 Å². The number of ether oxygens (including phenoxy) is 2. The van der Waals surface area contributed by atoms with Crippen molar-refractivity contribution in [1.82, 2.24) is 9.97 Å². The molecule has 128 valence electrons. The Kier molecular flexibility index (Phi) is 4.84. The van der Waals surface area contributed by atoms with Crippen molar-refractivity contribution >= 4 is 15.9 Å². The third-order valence-electron chi connectivity index (χ3n) is 2.93. The molecule has 0 aliphatic rings. The summed E-state index contributed by atoms with van der Waals surface area (Å²) in [6.07, 6.45) is 1.20. The standard InChI is InChI=1S/C16H7BrF4N2O2/c17-8-7-22-16(25-12-6-2-4-10(19)14(12)21)23-15(8)24-11-5-1-3-9(18)13(11)20/h1-7H. The quantitative estimate of drug-likeness (QED) is 0.537. The third-order valence-corrected chi connectivity index (χ3v) is 3.47. The Bertz CT molecular complexity index is 940. The predicted octanol–water partition coefficient (Wildman–Crippen LogP) is 5.38. The molecule has 1 aromatic heterocycles. The molecular formula is C16H7BrF4N2O2. The lowest BCUT2D eigenvalue weighted by Crippen LogP contribution is -1.99. The maximum atomic E-state index is 13.7. The minimum atomic E-state index is -1.22. The van der Waals surface area contributed by atoms with Gasteiger partial charge < -0.3 is 9.47 Å². The molecule has 0 saturated carbocycles. The summed E-state index contributed by atoms with van der Waals surface area (Å²) in [4.78, 5) is 7.59. The molecule has 9 heteroatoms. The van der Waals surface area contributed by atoms with Crippen molar-refractivity contribution in [3.05, 3.63) is 70.3 Å². The van der Waals surface area contributed by atoms with Crippen LogP contribution in [0, 0.1) is 23.3 Å². The van der Waals surface area contributed by atoms with Gasteiger partial charge in [-0.2, -0.15) is 13.8 Å². The van der Waals surface area contributed by atoms with Gasteiger partial charge in [-0.3, -0.25) is 0 Å². The Balaban J connectivity index is 1.90. The predicted molar refractivity (Wildman–Crippen MR) is 82.6 cm³/mol. The molecule has 0 amide bonds. The zero-order valence-corrected chi connectivity index (χ0v) is 13.7. The van der Waals surface area contributed by atoms with Gasteiger partial charge in [0.1, 0.15) is 0 Å². The Morgan fingerprint density at radius 3 is 1.96 bits per heavy atom. The summed E-state index contributed by atoms with van der Waals surface area (Å²) >= 11 is 3.09. The summed E-state index contributed by atoms with van der Waals surface area (Å²) in [7, 11) is 0. The van der Waals surface area contributed by atoms with Gasteiger partial charge in [-0.05, 0) is 40.2 Å². The summed E-state index contributed by atoms with van der Waals surface area (Å²) in [5.74, 6) is -5.67. The van der Waals surface area contributed by atoms with Crippen LogP contribution in [-0.4, -0.2) is 9.97 Å².